The molecule has 0 unspecified atom stereocenters. The highest BCUT2D eigenvalue weighted by atomic mass is 35.5. The van der Waals surface area contributed by atoms with Gasteiger partial charge in [0.05, 0.1) is 25.9 Å². The summed E-state index contributed by atoms with van der Waals surface area (Å²) in [5.74, 6) is 0. The summed E-state index contributed by atoms with van der Waals surface area (Å²) in [4.78, 5) is 2.87. The van der Waals surface area contributed by atoms with E-state index in [1.165, 1.54) is 11.8 Å². The summed E-state index contributed by atoms with van der Waals surface area (Å²) >= 11 is 7.29. The Morgan fingerprint density at radius 2 is 1.83 bits per heavy atom. The maximum atomic E-state index is 10.9. The zero-order chi connectivity index (χ0) is 21.3. The molecule has 9 heteroatoms. The fourth-order valence-electron chi connectivity index (χ4n) is 3.26. The highest BCUT2D eigenvalue weighted by Gasteiger charge is 2.45. The van der Waals surface area contributed by atoms with E-state index in [9.17, 15) is 5.11 Å². The fourth-order valence-corrected chi connectivity index (χ4v) is 4.14. The topological polar surface area (TPSA) is 96.7 Å². The van der Waals surface area contributed by atoms with Crippen LogP contribution in [0, 0.1) is 0 Å². The minimum absolute atomic E-state index is 0.221. The molecule has 0 aliphatic carbocycles. The van der Waals surface area contributed by atoms with Gasteiger partial charge in [-0.1, -0.05) is 59.2 Å². The summed E-state index contributed by atoms with van der Waals surface area (Å²) in [5.41, 5.74) is 10.4. The number of aliphatic hydroxyl groups is 1. The first-order valence-electron chi connectivity index (χ1n) is 9.50. The molecule has 5 atom stereocenters. The second kappa shape index (κ2) is 11.6. The van der Waals surface area contributed by atoms with Crippen LogP contribution in [0.15, 0.2) is 59.7 Å². The van der Waals surface area contributed by atoms with E-state index in [1.54, 1.807) is 12.1 Å². The van der Waals surface area contributed by atoms with Crippen LogP contribution in [-0.4, -0.2) is 47.8 Å². The van der Waals surface area contributed by atoms with Crippen LogP contribution in [0.5, 0.6) is 0 Å². The predicted molar refractivity (Wildman–Crippen MR) is 117 cm³/mol. The zero-order valence-electron chi connectivity index (χ0n) is 16.5. The van der Waals surface area contributed by atoms with Gasteiger partial charge in [-0.15, -0.1) is 11.8 Å². The van der Waals surface area contributed by atoms with Crippen molar-refractivity contribution in [3.63, 3.8) is 0 Å². The average molecular weight is 450 g/mol. The van der Waals surface area contributed by atoms with Gasteiger partial charge in [0.25, 0.3) is 0 Å². The van der Waals surface area contributed by atoms with Gasteiger partial charge in [0.2, 0.25) is 0 Å². The summed E-state index contributed by atoms with van der Waals surface area (Å²) in [6.45, 7) is 0.897. The van der Waals surface area contributed by atoms with Crippen molar-refractivity contribution in [3.8, 4) is 0 Å². The minimum Gasteiger partial charge on any atom is -0.390 e. The van der Waals surface area contributed by atoms with Gasteiger partial charge in [0.1, 0.15) is 23.7 Å². The number of benzene rings is 2. The van der Waals surface area contributed by atoms with E-state index in [4.69, 9.17) is 31.3 Å². The van der Waals surface area contributed by atoms with E-state index in [1.807, 2.05) is 48.7 Å². The van der Waals surface area contributed by atoms with Crippen molar-refractivity contribution in [2.75, 3.05) is 12.9 Å². The fraction of sp³-hybridized carbons (Fsp3) is 0.429. The van der Waals surface area contributed by atoms with Gasteiger partial charge >= 0.3 is 0 Å². The number of azide groups is 1. The van der Waals surface area contributed by atoms with Gasteiger partial charge < -0.3 is 19.3 Å². The molecule has 3 rings (SSSR count). The molecule has 0 saturated carbocycles. The molecule has 0 bridgehead atoms. The summed E-state index contributed by atoms with van der Waals surface area (Å²) in [7, 11) is 0. The molecule has 1 heterocycles. The van der Waals surface area contributed by atoms with Gasteiger partial charge in [-0.25, -0.2) is 0 Å². The second-order valence-corrected chi connectivity index (χ2v) is 8.24. The van der Waals surface area contributed by atoms with Gasteiger partial charge in [0.15, 0.2) is 0 Å². The Balaban J connectivity index is 1.68. The number of hydrogen-bond acceptors (Lipinski definition) is 6. The van der Waals surface area contributed by atoms with Crippen LogP contribution in [0.2, 0.25) is 5.02 Å². The molecule has 2 aromatic carbocycles. The van der Waals surface area contributed by atoms with E-state index in [2.05, 4.69) is 10.0 Å². The molecular formula is C21H24ClN3O4S. The molecule has 160 valence electrons. The third-order valence-corrected chi connectivity index (χ3v) is 5.91. The van der Waals surface area contributed by atoms with E-state index < -0.39 is 29.8 Å². The molecule has 2 aromatic rings. The van der Waals surface area contributed by atoms with Crippen LogP contribution in [0.25, 0.3) is 10.4 Å². The average Bonchev–Trinajstić information content (AvgIpc) is 2.77. The lowest BCUT2D eigenvalue weighted by atomic mass is 9.98. The molecule has 1 N–H and O–H groups in total. The Morgan fingerprint density at radius 1 is 1.13 bits per heavy atom. The molecule has 1 aliphatic heterocycles. The second-order valence-electron chi connectivity index (χ2n) is 6.87. The van der Waals surface area contributed by atoms with Crippen molar-refractivity contribution in [2.45, 2.75) is 43.0 Å². The number of thioether (sulfide) groups is 1. The number of aliphatic hydroxyl groups excluding tert-OH is 1. The number of rotatable bonds is 9. The molecule has 0 radical (unpaired) electrons. The molecule has 7 nitrogen and oxygen atoms in total. The van der Waals surface area contributed by atoms with Crippen molar-refractivity contribution in [1.29, 1.82) is 0 Å². The molecular weight excluding hydrogens is 426 g/mol. The molecule has 1 saturated heterocycles. The van der Waals surface area contributed by atoms with Gasteiger partial charge in [-0.05, 0) is 35.0 Å². The van der Waals surface area contributed by atoms with Gasteiger partial charge in [-0.2, -0.15) is 0 Å². The number of hydrogen-bond donors (Lipinski definition) is 1. The van der Waals surface area contributed by atoms with Crippen molar-refractivity contribution < 1.29 is 19.3 Å². The molecule has 0 aromatic heterocycles. The Bertz CT molecular complexity index is 836. The molecule has 1 fully saturated rings. The van der Waals surface area contributed by atoms with Crippen molar-refractivity contribution in [1.82, 2.24) is 0 Å². The number of ether oxygens (including phenoxy) is 3. The first-order valence-corrected chi connectivity index (χ1v) is 11.2. The number of nitrogens with zero attached hydrogens (tertiary/aromatic N) is 3. The van der Waals surface area contributed by atoms with E-state index in [-0.39, 0.29) is 6.61 Å². The van der Waals surface area contributed by atoms with E-state index in [0.717, 1.165) is 11.1 Å². The van der Waals surface area contributed by atoms with Crippen LogP contribution < -0.4 is 0 Å². The maximum Gasteiger partial charge on any atom is 0.114 e. The summed E-state index contributed by atoms with van der Waals surface area (Å²) in [6.07, 6.45) is -0.387. The van der Waals surface area contributed by atoms with Crippen LogP contribution in [0.1, 0.15) is 11.1 Å². The lowest BCUT2D eigenvalue weighted by Crippen LogP contribution is -2.57. The summed E-state index contributed by atoms with van der Waals surface area (Å²) < 4.78 is 18.0. The Labute approximate surface area is 184 Å². The van der Waals surface area contributed by atoms with Gasteiger partial charge in [0, 0.05) is 9.93 Å². The third kappa shape index (κ3) is 6.12. The van der Waals surface area contributed by atoms with Crippen molar-refractivity contribution in [2.24, 2.45) is 5.11 Å². The minimum atomic E-state index is -1.01. The molecule has 1 aliphatic rings. The lowest BCUT2D eigenvalue weighted by molar-refractivity contribution is -0.195. The Kier molecular flexibility index (Phi) is 8.84. The van der Waals surface area contributed by atoms with E-state index >= 15 is 0 Å². The van der Waals surface area contributed by atoms with Gasteiger partial charge in [-0.3, -0.25) is 0 Å². The largest absolute Gasteiger partial charge is 0.390 e. The number of halogens is 1. The zero-order valence-corrected chi connectivity index (χ0v) is 18.1. The monoisotopic (exact) mass is 449 g/mol. The highest BCUT2D eigenvalue weighted by Crippen LogP contribution is 2.31. The SMILES string of the molecule is CS[C@@H]1O[C@H](COCc2ccc(Cl)cc2)[C@@H](OCc2ccccc2)[C@H](O)[C@H]1N=[N+]=[N-]. The standard InChI is InChI=1S/C21H24ClN3O4S/c1-30-21-18(24-25-23)19(26)20(28-12-14-5-3-2-4-6-14)17(29-21)13-27-11-15-7-9-16(22)10-8-15/h2-10,17-21,26H,11-13H2,1H3/t17-,18-,19-,20-,21+/m1/s1. The third-order valence-electron chi connectivity index (χ3n) is 4.81. The van der Waals surface area contributed by atoms with Crippen LogP contribution >= 0.6 is 23.4 Å². The maximum absolute atomic E-state index is 10.9. The van der Waals surface area contributed by atoms with Crippen molar-refractivity contribution in [3.05, 3.63) is 81.2 Å². The highest BCUT2D eigenvalue weighted by molar-refractivity contribution is 7.99. The molecule has 30 heavy (non-hydrogen) atoms. The summed E-state index contributed by atoms with van der Waals surface area (Å²) in [6, 6.07) is 16.3. The van der Waals surface area contributed by atoms with Crippen LogP contribution in [-0.2, 0) is 27.4 Å². The lowest BCUT2D eigenvalue weighted by Gasteiger charge is -2.42. The molecule has 0 amide bonds. The summed E-state index contributed by atoms with van der Waals surface area (Å²) in [5, 5.41) is 15.3. The quantitative estimate of drug-likeness (QED) is 0.343. The Morgan fingerprint density at radius 3 is 2.50 bits per heavy atom. The normalized spacial score (nSPS) is 26.2. The van der Waals surface area contributed by atoms with Crippen molar-refractivity contribution >= 4 is 23.4 Å². The first kappa shape index (κ1) is 22.9. The molecule has 0 spiro atoms. The van der Waals surface area contributed by atoms with Crippen LogP contribution in [0.4, 0.5) is 0 Å². The first-order chi connectivity index (χ1) is 14.6. The Hall–Kier alpha value is -1.77. The smallest absolute Gasteiger partial charge is 0.114 e. The van der Waals surface area contributed by atoms with Crippen LogP contribution in [0.3, 0.4) is 0 Å². The van der Waals surface area contributed by atoms with E-state index in [0.29, 0.717) is 18.2 Å². The predicted octanol–water partition coefficient (Wildman–Crippen LogP) is 4.57.